The van der Waals surface area contributed by atoms with Crippen LogP contribution in [0.3, 0.4) is 0 Å². The highest BCUT2D eigenvalue weighted by atomic mass is 16.6. The van der Waals surface area contributed by atoms with Gasteiger partial charge in [-0.25, -0.2) is 5.32 Å². The molecule has 0 atom stereocenters. The summed E-state index contributed by atoms with van der Waals surface area (Å²) < 4.78 is 0. The Balaban J connectivity index is 2.06. The van der Waals surface area contributed by atoms with Crippen LogP contribution in [0.4, 0.5) is 0 Å². The monoisotopic (exact) mass is 240 g/mol. The Morgan fingerprint density at radius 3 is 2.06 bits per heavy atom. The van der Waals surface area contributed by atoms with Gasteiger partial charge in [0.25, 0.3) is 0 Å². The van der Waals surface area contributed by atoms with Crippen LogP contribution >= 0.6 is 0 Å². The number of aliphatic hydroxyl groups is 4. The SMILES string of the molecule is OC1(O)CN(Cc2ccccc2)CC(O)(O)N1. The van der Waals surface area contributed by atoms with Crippen molar-refractivity contribution in [2.24, 2.45) is 0 Å². The van der Waals surface area contributed by atoms with Crippen molar-refractivity contribution in [2.45, 2.75) is 18.4 Å². The summed E-state index contributed by atoms with van der Waals surface area (Å²) in [5, 5.41) is 39.7. The summed E-state index contributed by atoms with van der Waals surface area (Å²) in [6.07, 6.45) is 0. The normalized spacial score (nSPS) is 23.5. The number of hydrogen-bond acceptors (Lipinski definition) is 6. The fourth-order valence-electron chi connectivity index (χ4n) is 2.03. The molecular weight excluding hydrogens is 224 g/mol. The Morgan fingerprint density at radius 2 is 1.53 bits per heavy atom. The minimum atomic E-state index is -2.31. The van der Waals surface area contributed by atoms with Crippen LogP contribution in [0.2, 0.25) is 0 Å². The lowest BCUT2D eigenvalue weighted by Crippen LogP contribution is -2.71. The summed E-state index contributed by atoms with van der Waals surface area (Å²) in [7, 11) is 0. The van der Waals surface area contributed by atoms with Gasteiger partial charge in [-0.1, -0.05) is 30.3 Å². The molecule has 0 amide bonds. The maximum absolute atomic E-state index is 9.44. The molecule has 17 heavy (non-hydrogen) atoms. The van der Waals surface area contributed by atoms with Gasteiger partial charge in [-0.15, -0.1) is 0 Å². The largest absolute Gasteiger partial charge is 0.352 e. The first-order chi connectivity index (χ1) is 7.86. The van der Waals surface area contributed by atoms with Crippen molar-refractivity contribution in [3.63, 3.8) is 0 Å². The van der Waals surface area contributed by atoms with Crippen LogP contribution in [0.5, 0.6) is 0 Å². The second kappa shape index (κ2) is 4.34. The molecule has 2 rings (SSSR count). The van der Waals surface area contributed by atoms with Gasteiger partial charge >= 0.3 is 0 Å². The zero-order valence-electron chi connectivity index (χ0n) is 9.24. The molecule has 6 nitrogen and oxygen atoms in total. The predicted molar refractivity (Wildman–Crippen MR) is 59.2 cm³/mol. The number of benzene rings is 1. The topological polar surface area (TPSA) is 96.2 Å². The molecule has 0 unspecified atom stereocenters. The van der Waals surface area contributed by atoms with Crippen molar-refractivity contribution in [1.29, 1.82) is 0 Å². The maximum atomic E-state index is 9.44. The van der Waals surface area contributed by atoms with E-state index in [4.69, 9.17) is 0 Å². The van der Waals surface area contributed by atoms with Crippen molar-refractivity contribution < 1.29 is 20.4 Å². The highest BCUT2D eigenvalue weighted by molar-refractivity contribution is 5.14. The molecular formula is C11H16N2O4. The molecule has 6 heteroatoms. The summed E-state index contributed by atoms with van der Waals surface area (Å²) in [4.78, 5) is 1.55. The van der Waals surface area contributed by atoms with Gasteiger partial charge < -0.3 is 20.4 Å². The number of piperazine rings is 1. The van der Waals surface area contributed by atoms with Crippen molar-refractivity contribution >= 4 is 0 Å². The summed E-state index contributed by atoms with van der Waals surface area (Å²) in [5.41, 5.74) is 0.959. The van der Waals surface area contributed by atoms with Crippen LogP contribution in [0.1, 0.15) is 5.56 Å². The number of nitrogens with one attached hydrogen (secondary N) is 1. The van der Waals surface area contributed by atoms with Crippen LogP contribution < -0.4 is 5.32 Å². The van der Waals surface area contributed by atoms with Crippen molar-refractivity contribution in [3.05, 3.63) is 35.9 Å². The summed E-state index contributed by atoms with van der Waals surface area (Å²) >= 11 is 0. The van der Waals surface area contributed by atoms with E-state index in [-0.39, 0.29) is 13.1 Å². The fraction of sp³-hybridized carbons (Fsp3) is 0.455. The number of rotatable bonds is 2. The average molecular weight is 240 g/mol. The molecule has 0 bridgehead atoms. The van der Waals surface area contributed by atoms with E-state index in [0.717, 1.165) is 5.56 Å². The molecule has 1 aliphatic heterocycles. The predicted octanol–water partition coefficient (Wildman–Crippen LogP) is -1.63. The third-order valence-corrected chi connectivity index (χ3v) is 2.54. The van der Waals surface area contributed by atoms with Gasteiger partial charge in [0.1, 0.15) is 0 Å². The first-order valence-corrected chi connectivity index (χ1v) is 5.31. The molecule has 1 saturated heterocycles. The van der Waals surface area contributed by atoms with Gasteiger partial charge in [-0.2, -0.15) is 0 Å². The molecule has 0 radical (unpaired) electrons. The minimum absolute atomic E-state index is 0.106. The van der Waals surface area contributed by atoms with Crippen LogP contribution in [0.25, 0.3) is 0 Å². The second-order valence-corrected chi connectivity index (χ2v) is 4.39. The van der Waals surface area contributed by atoms with Gasteiger partial charge in [-0.3, -0.25) is 4.90 Å². The quantitative estimate of drug-likeness (QED) is 0.398. The molecule has 1 aliphatic rings. The van der Waals surface area contributed by atoms with E-state index in [1.54, 1.807) is 4.90 Å². The first-order valence-electron chi connectivity index (χ1n) is 5.31. The third-order valence-electron chi connectivity index (χ3n) is 2.54. The lowest BCUT2D eigenvalue weighted by molar-refractivity contribution is -0.322. The summed E-state index contributed by atoms with van der Waals surface area (Å²) in [6.45, 7) is 0.198. The number of hydrogen-bond donors (Lipinski definition) is 5. The molecule has 1 heterocycles. The Morgan fingerprint density at radius 1 is 1.00 bits per heavy atom. The molecule has 0 aromatic heterocycles. The molecule has 5 N–H and O–H groups in total. The van der Waals surface area contributed by atoms with Gasteiger partial charge in [0.05, 0.1) is 13.1 Å². The van der Waals surface area contributed by atoms with Gasteiger partial charge in [-0.05, 0) is 5.56 Å². The first kappa shape index (κ1) is 12.4. The smallest absolute Gasteiger partial charge is 0.239 e. The Labute approximate surface area is 98.7 Å². The van der Waals surface area contributed by atoms with E-state index in [0.29, 0.717) is 6.54 Å². The molecule has 0 aliphatic carbocycles. The van der Waals surface area contributed by atoms with E-state index in [9.17, 15) is 20.4 Å². The Bertz CT molecular complexity index is 364. The second-order valence-electron chi connectivity index (χ2n) is 4.39. The van der Waals surface area contributed by atoms with Gasteiger partial charge in [0.2, 0.25) is 11.8 Å². The zero-order chi connectivity index (χ0) is 12.5. The van der Waals surface area contributed by atoms with Crippen LogP contribution in [0, 0.1) is 0 Å². The van der Waals surface area contributed by atoms with Crippen molar-refractivity contribution in [1.82, 2.24) is 10.2 Å². The fourth-order valence-corrected chi connectivity index (χ4v) is 2.03. The number of β-amino-alcohol motifs (C(OH)–C–C–N with tert-alkyl or cyclic N) is 4. The lowest BCUT2D eigenvalue weighted by Gasteiger charge is -2.43. The van der Waals surface area contributed by atoms with Crippen LogP contribution in [0.15, 0.2) is 30.3 Å². The van der Waals surface area contributed by atoms with Crippen molar-refractivity contribution in [3.8, 4) is 0 Å². The highest BCUT2D eigenvalue weighted by Crippen LogP contribution is 2.16. The molecule has 1 aromatic carbocycles. The van der Waals surface area contributed by atoms with Crippen LogP contribution in [-0.4, -0.2) is 50.2 Å². The van der Waals surface area contributed by atoms with E-state index in [1.165, 1.54) is 0 Å². The number of nitrogens with zero attached hydrogens (tertiary/aromatic N) is 1. The van der Waals surface area contributed by atoms with Gasteiger partial charge in [0, 0.05) is 6.54 Å². The van der Waals surface area contributed by atoms with Crippen molar-refractivity contribution in [2.75, 3.05) is 13.1 Å². The Kier molecular flexibility index (Phi) is 3.17. The summed E-state index contributed by atoms with van der Waals surface area (Å²) in [5.74, 6) is -4.62. The van der Waals surface area contributed by atoms with E-state index in [1.807, 2.05) is 35.6 Å². The molecule has 94 valence electrons. The Hall–Kier alpha value is -1.02. The highest BCUT2D eigenvalue weighted by Gasteiger charge is 2.43. The molecule has 1 fully saturated rings. The van der Waals surface area contributed by atoms with Crippen LogP contribution in [-0.2, 0) is 6.54 Å². The van der Waals surface area contributed by atoms with E-state index >= 15 is 0 Å². The van der Waals surface area contributed by atoms with E-state index < -0.39 is 11.8 Å². The van der Waals surface area contributed by atoms with Gasteiger partial charge in [0.15, 0.2) is 0 Å². The maximum Gasteiger partial charge on any atom is 0.239 e. The zero-order valence-corrected chi connectivity index (χ0v) is 9.24. The minimum Gasteiger partial charge on any atom is -0.352 e. The third kappa shape index (κ3) is 3.47. The molecule has 1 aromatic rings. The summed E-state index contributed by atoms with van der Waals surface area (Å²) in [6, 6.07) is 9.39. The average Bonchev–Trinajstić information content (AvgIpc) is 2.13. The molecule has 0 saturated carbocycles. The molecule has 0 spiro atoms. The standard InChI is InChI=1S/C11H16N2O4/c14-10(15)7-13(8-11(16,17)12-10)6-9-4-2-1-3-5-9/h1-5,12,14-17H,6-8H2. The van der Waals surface area contributed by atoms with E-state index in [2.05, 4.69) is 0 Å². The lowest BCUT2D eigenvalue weighted by atomic mass is 10.1.